The quantitative estimate of drug-likeness (QED) is 0.829. The highest BCUT2D eigenvalue weighted by Crippen LogP contribution is 2.54. The molecule has 1 aromatic heterocycles. The molecule has 0 spiro atoms. The van der Waals surface area contributed by atoms with Crippen LogP contribution in [0.1, 0.15) is 23.7 Å². The Kier molecular flexibility index (Phi) is 4.31. The predicted octanol–water partition coefficient (Wildman–Crippen LogP) is 2.82. The molecular weight excluding hydrogens is 363 g/mol. The van der Waals surface area contributed by atoms with Gasteiger partial charge >= 0.3 is 18.0 Å². The van der Waals surface area contributed by atoms with Crippen LogP contribution in [0.3, 0.4) is 0 Å². The molecule has 0 aliphatic carbocycles. The van der Waals surface area contributed by atoms with E-state index in [9.17, 15) is 40.6 Å². The highest BCUT2D eigenvalue weighted by Gasteiger charge is 2.82. The van der Waals surface area contributed by atoms with E-state index in [-0.39, 0.29) is 0 Å². The van der Waals surface area contributed by atoms with Crippen molar-refractivity contribution in [2.24, 2.45) is 5.10 Å². The Labute approximate surface area is 135 Å². The Balaban J connectivity index is 2.53. The van der Waals surface area contributed by atoms with Crippen LogP contribution in [0.4, 0.5) is 30.7 Å². The number of hydrazone groups is 1. The average molecular weight is 373 g/mol. The number of aromatic nitrogens is 1. The van der Waals surface area contributed by atoms with Crippen LogP contribution in [0.5, 0.6) is 0 Å². The lowest BCUT2D eigenvalue weighted by molar-refractivity contribution is -0.400. The van der Waals surface area contributed by atoms with Crippen molar-refractivity contribution in [1.82, 2.24) is 9.99 Å². The smallest absolute Gasteiger partial charge is 0.364 e. The Morgan fingerprint density at radius 3 is 2.32 bits per heavy atom. The van der Waals surface area contributed by atoms with E-state index >= 15 is 0 Å². The molecule has 0 saturated heterocycles. The summed E-state index contributed by atoms with van der Waals surface area (Å²) in [4.78, 5) is 15.7. The molecule has 1 atom stereocenters. The topological polar surface area (TPSA) is 65.8 Å². The molecule has 1 aromatic rings. The highest BCUT2D eigenvalue weighted by molar-refractivity contribution is 5.97. The Bertz CT molecular complexity index is 705. The summed E-state index contributed by atoms with van der Waals surface area (Å²) in [5.41, 5.74) is -5.08. The fraction of sp³-hybridized carbons (Fsp3) is 0.462. The highest BCUT2D eigenvalue weighted by atomic mass is 19.4. The van der Waals surface area contributed by atoms with Crippen molar-refractivity contribution in [3.05, 3.63) is 30.1 Å². The van der Waals surface area contributed by atoms with Crippen molar-refractivity contribution in [2.75, 3.05) is 0 Å². The van der Waals surface area contributed by atoms with Gasteiger partial charge in [0.15, 0.2) is 0 Å². The van der Waals surface area contributed by atoms with Crippen LogP contribution in [0.25, 0.3) is 0 Å². The van der Waals surface area contributed by atoms with Crippen LogP contribution in [0.15, 0.2) is 29.6 Å². The Hall–Kier alpha value is -2.24. The molecule has 25 heavy (non-hydrogen) atoms. The van der Waals surface area contributed by atoms with Crippen LogP contribution in [0, 0.1) is 0 Å². The first-order chi connectivity index (χ1) is 11.3. The van der Waals surface area contributed by atoms with Gasteiger partial charge in [-0.15, -0.1) is 0 Å². The summed E-state index contributed by atoms with van der Waals surface area (Å²) >= 11 is 0. The predicted molar refractivity (Wildman–Crippen MR) is 69.0 cm³/mol. The van der Waals surface area contributed by atoms with E-state index in [0.717, 1.165) is 19.2 Å². The van der Waals surface area contributed by atoms with Crippen molar-refractivity contribution in [3.8, 4) is 0 Å². The fourth-order valence-electron chi connectivity index (χ4n) is 2.22. The van der Waals surface area contributed by atoms with Crippen molar-refractivity contribution < 1.29 is 40.6 Å². The monoisotopic (exact) mass is 373 g/mol. The van der Waals surface area contributed by atoms with Crippen LogP contribution in [-0.4, -0.2) is 50.5 Å². The van der Waals surface area contributed by atoms with Crippen LogP contribution >= 0.6 is 0 Å². The van der Waals surface area contributed by atoms with Gasteiger partial charge in [0.25, 0.3) is 5.91 Å². The van der Waals surface area contributed by atoms with Crippen molar-refractivity contribution in [2.45, 2.75) is 37.1 Å². The molecule has 1 amide bonds. The van der Waals surface area contributed by atoms with Gasteiger partial charge in [-0.3, -0.25) is 9.78 Å². The summed E-state index contributed by atoms with van der Waals surface area (Å²) in [5.74, 6) is -14.2. The largest absolute Gasteiger partial charge is 0.460 e. The van der Waals surface area contributed by atoms with Gasteiger partial charge < -0.3 is 5.11 Å². The third-order valence-corrected chi connectivity index (χ3v) is 3.48. The van der Waals surface area contributed by atoms with Gasteiger partial charge in [0.1, 0.15) is 0 Å². The summed E-state index contributed by atoms with van der Waals surface area (Å²) in [6, 6.07) is 2.24. The molecule has 0 bridgehead atoms. The third kappa shape index (κ3) is 2.73. The second-order valence-corrected chi connectivity index (χ2v) is 5.33. The summed E-state index contributed by atoms with van der Waals surface area (Å²) in [6.45, 7) is 0.989. The minimum atomic E-state index is -6.66. The van der Waals surface area contributed by atoms with Crippen molar-refractivity contribution in [3.63, 3.8) is 0 Å². The van der Waals surface area contributed by atoms with E-state index in [1.54, 1.807) is 0 Å². The zero-order chi connectivity index (χ0) is 19.3. The SMILES string of the molecule is CC1=NN(C(=O)c2cccnc2)[C@](O)(C(F)(F)C(F)(F)C(F)(F)F)C1. The van der Waals surface area contributed by atoms with E-state index in [0.29, 0.717) is 0 Å². The van der Waals surface area contributed by atoms with E-state index in [1.807, 2.05) is 0 Å². The van der Waals surface area contributed by atoms with Crippen LogP contribution < -0.4 is 0 Å². The molecule has 12 heteroatoms. The lowest BCUT2D eigenvalue weighted by Crippen LogP contribution is -2.69. The molecular formula is C13H10F7N3O2. The van der Waals surface area contributed by atoms with Gasteiger partial charge in [-0.05, 0) is 19.1 Å². The molecule has 2 rings (SSSR count). The van der Waals surface area contributed by atoms with Gasteiger partial charge in [-0.25, -0.2) is 0 Å². The molecule has 2 heterocycles. The molecule has 0 radical (unpaired) electrons. The van der Waals surface area contributed by atoms with Gasteiger partial charge in [-0.1, -0.05) is 0 Å². The third-order valence-electron chi connectivity index (χ3n) is 3.48. The van der Waals surface area contributed by atoms with Gasteiger partial charge in [-0.2, -0.15) is 40.8 Å². The minimum absolute atomic E-state index is 0.433. The molecule has 1 N–H and O–H groups in total. The first kappa shape index (κ1) is 19.1. The number of aliphatic hydroxyl groups is 1. The standard InChI is InChI=1S/C13H10F7N3O2/c1-7-5-10(25,11(14,15)12(16,17)13(18,19)20)23(22-7)9(24)8-3-2-4-21-6-8/h2-4,6,25H,5H2,1H3/t10-/m1/s1. The van der Waals surface area contributed by atoms with Gasteiger partial charge in [0.2, 0.25) is 5.72 Å². The molecule has 1 aliphatic heterocycles. The first-order valence-corrected chi connectivity index (χ1v) is 6.59. The number of hydrogen-bond donors (Lipinski definition) is 1. The lowest BCUT2D eigenvalue weighted by Gasteiger charge is -2.41. The number of pyridine rings is 1. The first-order valence-electron chi connectivity index (χ1n) is 6.59. The number of halogens is 7. The Morgan fingerprint density at radius 1 is 1.24 bits per heavy atom. The summed E-state index contributed by atoms with van der Waals surface area (Å²) < 4.78 is 92.1. The van der Waals surface area contributed by atoms with E-state index in [1.165, 1.54) is 12.3 Å². The second kappa shape index (κ2) is 5.64. The number of nitrogens with zero attached hydrogens (tertiary/aromatic N) is 3. The van der Waals surface area contributed by atoms with E-state index in [4.69, 9.17) is 0 Å². The molecule has 0 unspecified atom stereocenters. The second-order valence-electron chi connectivity index (χ2n) is 5.33. The average Bonchev–Trinajstić information content (AvgIpc) is 2.82. The molecule has 138 valence electrons. The van der Waals surface area contributed by atoms with Gasteiger partial charge in [0, 0.05) is 24.5 Å². The van der Waals surface area contributed by atoms with E-state index in [2.05, 4.69) is 10.1 Å². The zero-order valence-electron chi connectivity index (χ0n) is 12.4. The van der Waals surface area contributed by atoms with E-state index < -0.39 is 52.4 Å². The summed E-state index contributed by atoms with van der Waals surface area (Å²) in [6.07, 6.45) is -6.00. The number of carbonyl (C=O) groups excluding carboxylic acids is 1. The number of hydrogen-bond acceptors (Lipinski definition) is 4. The maximum atomic E-state index is 14.1. The van der Waals surface area contributed by atoms with Crippen LogP contribution in [0.2, 0.25) is 0 Å². The normalized spacial score (nSPS) is 22.1. The summed E-state index contributed by atoms with van der Waals surface area (Å²) in [7, 11) is 0. The van der Waals surface area contributed by atoms with Crippen molar-refractivity contribution >= 4 is 11.6 Å². The minimum Gasteiger partial charge on any atom is -0.364 e. The number of amides is 1. The number of carbonyl (C=O) groups is 1. The maximum absolute atomic E-state index is 14.1. The zero-order valence-corrected chi connectivity index (χ0v) is 12.4. The molecule has 5 nitrogen and oxygen atoms in total. The van der Waals surface area contributed by atoms with Crippen molar-refractivity contribution in [1.29, 1.82) is 0 Å². The maximum Gasteiger partial charge on any atom is 0.460 e. The lowest BCUT2D eigenvalue weighted by atomic mass is 9.93. The molecule has 0 saturated carbocycles. The van der Waals surface area contributed by atoms with Gasteiger partial charge in [0.05, 0.1) is 5.56 Å². The number of alkyl halides is 7. The Morgan fingerprint density at radius 2 is 1.84 bits per heavy atom. The van der Waals surface area contributed by atoms with Crippen LogP contribution in [-0.2, 0) is 0 Å². The number of rotatable bonds is 3. The summed E-state index contributed by atoms with van der Waals surface area (Å²) in [5, 5.41) is 12.8. The fourth-order valence-corrected chi connectivity index (χ4v) is 2.22. The molecule has 0 aromatic carbocycles. The molecule has 0 fully saturated rings. The molecule has 1 aliphatic rings.